The highest BCUT2D eigenvalue weighted by Gasteiger charge is 2.15. The van der Waals surface area contributed by atoms with Crippen LogP contribution in [0.5, 0.6) is 0 Å². The van der Waals surface area contributed by atoms with Crippen LogP contribution >= 0.6 is 0 Å². The number of aromatic nitrogens is 2. The number of rotatable bonds is 5. The molecule has 29 heavy (non-hydrogen) atoms. The number of pyridine rings is 1. The molecule has 0 saturated heterocycles. The Hall–Kier alpha value is -3.58. The molecule has 0 amide bonds. The van der Waals surface area contributed by atoms with E-state index in [1.165, 1.54) is 16.5 Å². The van der Waals surface area contributed by atoms with E-state index in [4.69, 9.17) is 0 Å². The van der Waals surface area contributed by atoms with Gasteiger partial charge in [-0.3, -0.25) is 4.98 Å². The fourth-order valence-electron chi connectivity index (χ4n) is 3.76. The maximum absolute atomic E-state index is 9.70. The molecule has 144 valence electrons. The molecule has 0 aliphatic heterocycles. The Morgan fingerprint density at radius 1 is 1.00 bits per heavy atom. The third kappa shape index (κ3) is 3.72. The Kier molecular flexibility index (Phi) is 5.05. The third-order valence-electron chi connectivity index (χ3n) is 5.56. The minimum Gasteiger partial charge on any atom is -0.361 e. The predicted octanol–water partition coefficient (Wildman–Crippen LogP) is 5.89. The van der Waals surface area contributed by atoms with Crippen LogP contribution in [0.1, 0.15) is 33.5 Å². The first kappa shape index (κ1) is 18.8. The highest BCUT2D eigenvalue weighted by atomic mass is 14.9. The number of nitriles is 1. The van der Waals surface area contributed by atoms with Crippen molar-refractivity contribution < 1.29 is 0 Å². The summed E-state index contributed by atoms with van der Waals surface area (Å²) in [5.41, 5.74) is 9.32. The van der Waals surface area contributed by atoms with Gasteiger partial charge in [-0.2, -0.15) is 5.26 Å². The number of hydrogen-bond donors (Lipinski definition) is 2. The molecule has 4 nitrogen and oxygen atoms in total. The number of nitrogens with one attached hydrogen (secondary N) is 2. The van der Waals surface area contributed by atoms with E-state index < -0.39 is 0 Å². The lowest BCUT2D eigenvalue weighted by Gasteiger charge is -2.17. The van der Waals surface area contributed by atoms with E-state index in [1.807, 2.05) is 13.1 Å². The molecule has 2 heterocycles. The van der Waals surface area contributed by atoms with Crippen LogP contribution in [-0.4, -0.2) is 9.97 Å². The van der Waals surface area contributed by atoms with Gasteiger partial charge >= 0.3 is 0 Å². The second kappa shape index (κ2) is 7.81. The van der Waals surface area contributed by atoms with E-state index in [2.05, 4.69) is 77.7 Å². The Balaban J connectivity index is 1.71. The smallest absolute Gasteiger partial charge is 0.103 e. The zero-order valence-corrected chi connectivity index (χ0v) is 17.0. The topological polar surface area (TPSA) is 64.5 Å². The summed E-state index contributed by atoms with van der Waals surface area (Å²) >= 11 is 0. The van der Waals surface area contributed by atoms with Gasteiger partial charge in [-0.15, -0.1) is 0 Å². The number of aryl methyl sites for hydroxylation is 4. The summed E-state index contributed by atoms with van der Waals surface area (Å²) in [5, 5.41) is 14.4. The van der Waals surface area contributed by atoms with Crippen molar-refractivity contribution in [3.05, 3.63) is 88.4 Å². The molecule has 4 heteroatoms. The number of benzene rings is 2. The summed E-state index contributed by atoms with van der Waals surface area (Å²) in [5.74, 6) is 0. The minimum atomic E-state index is 0.572. The van der Waals surface area contributed by atoms with Crippen molar-refractivity contribution in [2.75, 3.05) is 5.32 Å². The lowest BCUT2D eigenvalue weighted by molar-refractivity contribution is 0.930. The van der Waals surface area contributed by atoms with Gasteiger partial charge in [0.25, 0.3) is 0 Å². The molecule has 0 bridgehead atoms. The summed E-state index contributed by atoms with van der Waals surface area (Å²) < 4.78 is 0. The van der Waals surface area contributed by atoms with Crippen LogP contribution in [0.25, 0.3) is 10.9 Å². The molecule has 4 rings (SSSR count). The summed E-state index contributed by atoms with van der Waals surface area (Å²) in [6.45, 7) is 6.21. The molecule has 2 aromatic heterocycles. The molecule has 0 atom stereocenters. The van der Waals surface area contributed by atoms with Gasteiger partial charge < -0.3 is 10.3 Å². The van der Waals surface area contributed by atoms with E-state index in [0.29, 0.717) is 5.56 Å². The maximum Gasteiger partial charge on any atom is 0.103 e. The van der Waals surface area contributed by atoms with E-state index in [9.17, 15) is 5.26 Å². The third-order valence-corrected chi connectivity index (χ3v) is 5.56. The van der Waals surface area contributed by atoms with Gasteiger partial charge in [-0.1, -0.05) is 29.8 Å². The summed E-state index contributed by atoms with van der Waals surface area (Å²) in [6.07, 6.45) is 5.34. The lowest BCUT2D eigenvalue weighted by atomic mass is 9.98. The van der Waals surface area contributed by atoms with E-state index in [0.717, 1.165) is 46.6 Å². The van der Waals surface area contributed by atoms with Crippen LogP contribution in [-0.2, 0) is 12.8 Å². The summed E-state index contributed by atoms with van der Waals surface area (Å²) in [4.78, 5) is 7.72. The second-order valence-electron chi connectivity index (χ2n) is 7.51. The lowest BCUT2D eigenvalue weighted by Crippen LogP contribution is -2.06. The van der Waals surface area contributed by atoms with Gasteiger partial charge in [0, 0.05) is 34.7 Å². The monoisotopic (exact) mass is 380 g/mol. The predicted molar refractivity (Wildman–Crippen MR) is 119 cm³/mol. The molecular weight excluding hydrogens is 356 g/mol. The zero-order valence-electron chi connectivity index (χ0n) is 17.0. The Morgan fingerprint density at radius 2 is 1.79 bits per heavy atom. The van der Waals surface area contributed by atoms with Gasteiger partial charge in [0.05, 0.1) is 11.3 Å². The normalized spacial score (nSPS) is 10.8. The van der Waals surface area contributed by atoms with Crippen molar-refractivity contribution >= 4 is 22.3 Å². The second-order valence-corrected chi connectivity index (χ2v) is 7.51. The van der Waals surface area contributed by atoms with E-state index in [-0.39, 0.29) is 0 Å². The molecule has 0 aliphatic carbocycles. The SMILES string of the molecule is Cc1ccc(CCc2c(C)ncc(C#N)c2Nc2ccc3[nH]ccc3c2C)cc1. The average Bonchev–Trinajstić information content (AvgIpc) is 3.21. The zero-order chi connectivity index (χ0) is 20.4. The quantitative estimate of drug-likeness (QED) is 0.454. The summed E-state index contributed by atoms with van der Waals surface area (Å²) in [7, 11) is 0. The van der Waals surface area contributed by atoms with Gasteiger partial charge in [-0.25, -0.2) is 0 Å². The molecule has 0 unspecified atom stereocenters. The van der Waals surface area contributed by atoms with Crippen LogP contribution in [0.4, 0.5) is 11.4 Å². The minimum absolute atomic E-state index is 0.572. The Labute approximate surface area is 171 Å². The van der Waals surface area contributed by atoms with Gasteiger partial charge in [0.2, 0.25) is 0 Å². The Morgan fingerprint density at radius 3 is 2.55 bits per heavy atom. The molecule has 0 aliphatic rings. The number of hydrogen-bond acceptors (Lipinski definition) is 3. The van der Waals surface area contributed by atoms with Crippen molar-refractivity contribution in [2.45, 2.75) is 33.6 Å². The standard InChI is InChI=1S/C25H24N4/c1-16-4-6-19(7-5-16)8-9-22-18(3)28-15-20(14-26)25(22)29-23-10-11-24-21(17(23)2)12-13-27-24/h4-7,10-13,15,27H,8-9H2,1-3H3,(H,28,29). The van der Waals surface area contributed by atoms with Crippen LogP contribution in [0.15, 0.2) is 54.9 Å². The van der Waals surface area contributed by atoms with E-state index in [1.54, 1.807) is 6.20 Å². The fraction of sp³-hybridized carbons (Fsp3) is 0.200. The Bertz CT molecular complexity index is 1210. The van der Waals surface area contributed by atoms with Gasteiger partial charge in [0.1, 0.15) is 6.07 Å². The first-order chi connectivity index (χ1) is 14.1. The van der Waals surface area contributed by atoms with E-state index >= 15 is 0 Å². The molecule has 0 spiro atoms. The number of nitrogens with zero attached hydrogens (tertiary/aromatic N) is 2. The van der Waals surface area contributed by atoms with Crippen LogP contribution < -0.4 is 5.32 Å². The first-order valence-corrected chi connectivity index (χ1v) is 9.84. The molecule has 2 N–H and O–H groups in total. The number of anilines is 2. The molecule has 2 aromatic carbocycles. The van der Waals surface area contributed by atoms with Crippen molar-refractivity contribution in [2.24, 2.45) is 0 Å². The number of aromatic amines is 1. The molecule has 4 aromatic rings. The molecular formula is C25H24N4. The molecule has 0 radical (unpaired) electrons. The van der Waals surface area contributed by atoms with Crippen molar-refractivity contribution in [3.63, 3.8) is 0 Å². The van der Waals surface area contributed by atoms with Crippen LogP contribution in [0.2, 0.25) is 0 Å². The highest BCUT2D eigenvalue weighted by molar-refractivity contribution is 5.89. The van der Waals surface area contributed by atoms with Gasteiger partial charge in [0.15, 0.2) is 0 Å². The summed E-state index contributed by atoms with van der Waals surface area (Å²) in [6, 6.07) is 17.1. The van der Waals surface area contributed by atoms with Gasteiger partial charge in [-0.05, 0) is 68.5 Å². The fourth-order valence-corrected chi connectivity index (χ4v) is 3.76. The van der Waals surface area contributed by atoms with Crippen LogP contribution in [0, 0.1) is 32.1 Å². The van der Waals surface area contributed by atoms with Crippen molar-refractivity contribution in [1.29, 1.82) is 5.26 Å². The molecule has 0 fully saturated rings. The first-order valence-electron chi connectivity index (χ1n) is 9.84. The van der Waals surface area contributed by atoms with Crippen LogP contribution in [0.3, 0.4) is 0 Å². The maximum atomic E-state index is 9.70. The van der Waals surface area contributed by atoms with Crippen molar-refractivity contribution in [3.8, 4) is 6.07 Å². The molecule has 0 saturated carbocycles. The van der Waals surface area contributed by atoms with Crippen molar-refractivity contribution in [1.82, 2.24) is 9.97 Å². The number of fused-ring (bicyclic) bond motifs is 1. The average molecular weight is 380 g/mol. The number of H-pyrrole nitrogens is 1. The largest absolute Gasteiger partial charge is 0.361 e. The highest BCUT2D eigenvalue weighted by Crippen LogP contribution is 2.32.